The first-order valence-corrected chi connectivity index (χ1v) is 5.84. The topological polar surface area (TPSA) is 64.9 Å². The number of hydrogen-bond donors (Lipinski definition) is 1. The Morgan fingerprint density at radius 3 is 2.89 bits per heavy atom. The van der Waals surface area contributed by atoms with Gasteiger partial charge in [-0.25, -0.2) is 9.97 Å². The van der Waals surface area contributed by atoms with Crippen molar-refractivity contribution < 1.29 is 4.74 Å². The number of ether oxygens (including phenoxy) is 1. The molecule has 96 valence electrons. The smallest absolute Gasteiger partial charge is 0.218 e. The largest absolute Gasteiger partial charge is 0.481 e. The van der Waals surface area contributed by atoms with Crippen molar-refractivity contribution >= 4 is 5.82 Å². The standard InChI is InChI=1S/C12H17N5O/c1-4-10(9-6-15-17(2)7-9)16-11-5-12(18-3)14-8-13-11/h5-8,10H,4H2,1-3H3,(H,13,14,16). The molecule has 0 saturated heterocycles. The van der Waals surface area contributed by atoms with Gasteiger partial charge in [-0.1, -0.05) is 6.92 Å². The molecule has 0 saturated carbocycles. The van der Waals surface area contributed by atoms with Crippen molar-refractivity contribution in [2.75, 3.05) is 12.4 Å². The zero-order valence-corrected chi connectivity index (χ0v) is 10.8. The van der Waals surface area contributed by atoms with Crippen LogP contribution in [0.2, 0.25) is 0 Å². The number of methoxy groups -OCH3 is 1. The van der Waals surface area contributed by atoms with E-state index in [1.807, 2.05) is 19.4 Å². The zero-order chi connectivity index (χ0) is 13.0. The summed E-state index contributed by atoms with van der Waals surface area (Å²) in [6.07, 6.45) is 6.29. The third-order valence-electron chi connectivity index (χ3n) is 2.71. The van der Waals surface area contributed by atoms with Crippen LogP contribution in [0.5, 0.6) is 5.88 Å². The summed E-state index contributed by atoms with van der Waals surface area (Å²) >= 11 is 0. The Balaban J connectivity index is 2.14. The van der Waals surface area contributed by atoms with Gasteiger partial charge in [-0.2, -0.15) is 5.10 Å². The van der Waals surface area contributed by atoms with Gasteiger partial charge in [0, 0.05) is 24.9 Å². The van der Waals surface area contributed by atoms with E-state index < -0.39 is 0 Å². The fourth-order valence-corrected chi connectivity index (χ4v) is 1.75. The van der Waals surface area contributed by atoms with E-state index >= 15 is 0 Å². The predicted molar refractivity (Wildman–Crippen MR) is 68.4 cm³/mol. The molecule has 1 unspecified atom stereocenters. The van der Waals surface area contributed by atoms with Crippen molar-refractivity contribution in [1.29, 1.82) is 0 Å². The summed E-state index contributed by atoms with van der Waals surface area (Å²) in [4.78, 5) is 8.16. The molecular weight excluding hydrogens is 230 g/mol. The Morgan fingerprint density at radius 2 is 2.28 bits per heavy atom. The molecule has 2 aromatic heterocycles. The van der Waals surface area contributed by atoms with Crippen molar-refractivity contribution in [3.05, 3.63) is 30.4 Å². The van der Waals surface area contributed by atoms with E-state index in [0.29, 0.717) is 5.88 Å². The molecule has 6 heteroatoms. The Bertz CT molecular complexity index is 511. The van der Waals surface area contributed by atoms with Crippen molar-refractivity contribution in [1.82, 2.24) is 19.7 Å². The molecule has 18 heavy (non-hydrogen) atoms. The minimum atomic E-state index is 0.179. The van der Waals surface area contributed by atoms with E-state index in [4.69, 9.17) is 4.74 Å². The first kappa shape index (κ1) is 12.3. The summed E-state index contributed by atoms with van der Waals surface area (Å²) in [6, 6.07) is 1.96. The van der Waals surface area contributed by atoms with Crippen molar-refractivity contribution in [3.63, 3.8) is 0 Å². The number of aryl methyl sites for hydroxylation is 1. The van der Waals surface area contributed by atoms with Gasteiger partial charge in [0.2, 0.25) is 5.88 Å². The number of aromatic nitrogens is 4. The summed E-state index contributed by atoms with van der Waals surface area (Å²) < 4.78 is 6.86. The van der Waals surface area contributed by atoms with Crippen molar-refractivity contribution in [2.24, 2.45) is 7.05 Å². The van der Waals surface area contributed by atoms with Gasteiger partial charge in [-0.15, -0.1) is 0 Å². The Kier molecular flexibility index (Phi) is 3.76. The maximum atomic E-state index is 5.07. The molecule has 0 aliphatic carbocycles. The van der Waals surface area contributed by atoms with Gasteiger partial charge < -0.3 is 10.1 Å². The van der Waals surface area contributed by atoms with Gasteiger partial charge in [-0.3, -0.25) is 4.68 Å². The predicted octanol–water partition coefficient (Wildman–Crippen LogP) is 1.78. The van der Waals surface area contributed by atoms with E-state index in [0.717, 1.165) is 17.8 Å². The molecule has 0 aliphatic rings. The molecule has 1 N–H and O–H groups in total. The zero-order valence-electron chi connectivity index (χ0n) is 10.8. The van der Waals surface area contributed by atoms with Gasteiger partial charge in [0.25, 0.3) is 0 Å². The van der Waals surface area contributed by atoms with Crippen molar-refractivity contribution in [2.45, 2.75) is 19.4 Å². The van der Waals surface area contributed by atoms with Gasteiger partial charge in [0.1, 0.15) is 12.1 Å². The fraction of sp³-hybridized carbons (Fsp3) is 0.417. The number of hydrogen-bond acceptors (Lipinski definition) is 5. The summed E-state index contributed by atoms with van der Waals surface area (Å²) in [7, 11) is 3.49. The molecule has 0 bridgehead atoms. The number of nitrogens with one attached hydrogen (secondary N) is 1. The molecule has 0 aliphatic heterocycles. The molecule has 0 spiro atoms. The van der Waals surface area contributed by atoms with Crippen LogP contribution in [0.1, 0.15) is 24.9 Å². The number of rotatable bonds is 5. The van der Waals surface area contributed by atoms with E-state index in [2.05, 4.69) is 27.3 Å². The van der Waals surface area contributed by atoms with Crippen LogP contribution in [0.4, 0.5) is 5.82 Å². The number of nitrogens with zero attached hydrogens (tertiary/aromatic N) is 4. The first-order valence-electron chi connectivity index (χ1n) is 5.84. The monoisotopic (exact) mass is 247 g/mol. The highest BCUT2D eigenvalue weighted by Gasteiger charge is 2.12. The highest BCUT2D eigenvalue weighted by atomic mass is 16.5. The summed E-state index contributed by atoms with van der Waals surface area (Å²) in [5.41, 5.74) is 1.14. The van der Waals surface area contributed by atoms with E-state index in [-0.39, 0.29) is 6.04 Å². The van der Waals surface area contributed by atoms with E-state index in [9.17, 15) is 0 Å². The SMILES string of the molecule is CCC(Nc1cc(OC)ncn1)c1cnn(C)c1. The third-order valence-corrected chi connectivity index (χ3v) is 2.71. The maximum Gasteiger partial charge on any atom is 0.218 e. The summed E-state index contributed by atoms with van der Waals surface area (Å²) in [5, 5.41) is 7.53. The third kappa shape index (κ3) is 2.77. The normalized spacial score (nSPS) is 12.2. The lowest BCUT2D eigenvalue weighted by atomic mass is 10.1. The fourth-order valence-electron chi connectivity index (χ4n) is 1.75. The van der Waals surface area contributed by atoms with Crippen LogP contribution in [0.3, 0.4) is 0 Å². The molecule has 0 aromatic carbocycles. The molecular formula is C12H17N5O. The van der Waals surface area contributed by atoms with Gasteiger partial charge in [0.15, 0.2) is 0 Å². The lowest BCUT2D eigenvalue weighted by Crippen LogP contribution is -2.10. The minimum Gasteiger partial charge on any atom is -0.481 e. The van der Waals surface area contributed by atoms with Crippen molar-refractivity contribution in [3.8, 4) is 5.88 Å². The van der Waals surface area contributed by atoms with Crippen LogP contribution in [-0.2, 0) is 7.05 Å². The molecule has 2 rings (SSSR count). The Hall–Kier alpha value is -2.11. The maximum absolute atomic E-state index is 5.07. The van der Waals surface area contributed by atoms with Crippen LogP contribution >= 0.6 is 0 Å². The molecule has 0 amide bonds. The van der Waals surface area contributed by atoms with Crippen LogP contribution in [0, 0.1) is 0 Å². The van der Waals surface area contributed by atoms with Gasteiger partial charge in [0.05, 0.1) is 19.3 Å². The van der Waals surface area contributed by atoms with Crippen LogP contribution < -0.4 is 10.1 Å². The molecule has 0 radical (unpaired) electrons. The first-order chi connectivity index (χ1) is 8.72. The minimum absolute atomic E-state index is 0.179. The molecule has 2 heterocycles. The summed E-state index contributed by atoms with van der Waals surface area (Å²) in [6.45, 7) is 2.11. The Labute approximate surface area is 106 Å². The van der Waals surface area contributed by atoms with Gasteiger partial charge in [-0.05, 0) is 6.42 Å². The highest BCUT2D eigenvalue weighted by Crippen LogP contribution is 2.21. The summed E-state index contributed by atoms with van der Waals surface area (Å²) in [5.74, 6) is 1.30. The second-order valence-electron chi connectivity index (χ2n) is 4.00. The van der Waals surface area contributed by atoms with Crippen LogP contribution in [0.15, 0.2) is 24.8 Å². The Morgan fingerprint density at radius 1 is 1.44 bits per heavy atom. The average molecular weight is 247 g/mol. The average Bonchev–Trinajstić information content (AvgIpc) is 2.82. The molecule has 1 atom stereocenters. The van der Waals surface area contributed by atoms with E-state index in [1.54, 1.807) is 17.9 Å². The van der Waals surface area contributed by atoms with Crippen LogP contribution in [-0.4, -0.2) is 26.9 Å². The molecule has 2 aromatic rings. The van der Waals surface area contributed by atoms with E-state index in [1.165, 1.54) is 6.33 Å². The van der Waals surface area contributed by atoms with Gasteiger partial charge >= 0.3 is 0 Å². The lowest BCUT2D eigenvalue weighted by molar-refractivity contribution is 0.397. The van der Waals surface area contributed by atoms with Crippen LogP contribution in [0.25, 0.3) is 0 Å². The lowest BCUT2D eigenvalue weighted by Gasteiger charge is -2.16. The second-order valence-corrected chi connectivity index (χ2v) is 4.00. The quantitative estimate of drug-likeness (QED) is 0.872. The second kappa shape index (κ2) is 5.48. The molecule has 6 nitrogen and oxygen atoms in total. The molecule has 0 fully saturated rings. The number of anilines is 1. The highest BCUT2D eigenvalue weighted by molar-refractivity contribution is 5.39.